The average Bonchev–Trinajstić information content (AvgIpc) is 3.11. The normalized spacial score (nSPS) is 18.3. The van der Waals surface area contributed by atoms with Crippen molar-refractivity contribution in [3.05, 3.63) is 29.2 Å². The van der Waals surface area contributed by atoms with E-state index in [1.165, 1.54) is 0 Å². The highest BCUT2D eigenvalue weighted by Gasteiger charge is 2.35. The van der Waals surface area contributed by atoms with Gasteiger partial charge < -0.3 is 15.1 Å². The number of fused-ring (bicyclic) bond motifs is 1. The molecule has 2 N–H and O–H groups in total. The van der Waals surface area contributed by atoms with Gasteiger partial charge in [-0.25, -0.2) is 4.98 Å². The standard InChI is InChI=1S/C16H18F3N3O2/c1-2-14-22-12-6-9(5-11(15(12)24-14)16(17,18)19)7-20-8-10-3-4-13(23)21-10/h5-6,10,20H,2-4,7-8H2,1H3,(H,21,23)/t10-/m0/s1. The molecule has 0 unspecified atom stereocenters. The number of amides is 1. The molecule has 2 aromatic rings. The lowest BCUT2D eigenvalue weighted by Crippen LogP contribution is -2.35. The first kappa shape index (κ1) is 16.8. The molecule has 0 aliphatic carbocycles. The molecule has 1 amide bonds. The molecular weight excluding hydrogens is 323 g/mol. The molecule has 24 heavy (non-hydrogen) atoms. The number of nitrogens with zero attached hydrogens (tertiary/aromatic N) is 1. The molecule has 8 heteroatoms. The van der Waals surface area contributed by atoms with Crippen LogP contribution in [0.2, 0.25) is 0 Å². The van der Waals surface area contributed by atoms with E-state index in [1.807, 2.05) is 0 Å². The van der Waals surface area contributed by atoms with Crippen molar-refractivity contribution < 1.29 is 22.4 Å². The van der Waals surface area contributed by atoms with Crippen LogP contribution in [0.1, 0.15) is 36.8 Å². The van der Waals surface area contributed by atoms with Crippen LogP contribution >= 0.6 is 0 Å². The molecule has 5 nitrogen and oxygen atoms in total. The summed E-state index contributed by atoms with van der Waals surface area (Å²) in [5.41, 5.74) is -0.327. The topological polar surface area (TPSA) is 67.2 Å². The zero-order valence-corrected chi connectivity index (χ0v) is 13.2. The number of hydrogen-bond acceptors (Lipinski definition) is 4. The van der Waals surface area contributed by atoms with Crippen LogP contribution in [-0.2, 0) is 23.9 Å². The molecule has 3 rings (SSSR count). The summed E-state index contributed by atoms with van der Waals surface area (Å²) >= 11 is 0. The highest BCUT2D eigenvalue weighted by Crippen LogP contribution is 2.36. The molecule has 1 aliphatic rings. The van der Waals surface area contributed by atoms with Gasteiger partial charge in [0.2, 0.25) is 5.91 Å². The number of oxazole rings is 1. The summed E-state index contributed by atoms with van der Waals surface area (Å²) in [7, 11) is 0. The second-order valence-corrected chi connectivity index (χ2v) is 5.88. The van der Waals surface area contributed by atoms with Crippen molar-refractivity contribution in [1.82, 2.24) is 15.6 Å². The lowest BCUT2D eigenvalue weighted by Gasteiger charge is -2.13. The minimum Gasteiger partial charge on any atom is -0.440 e. The van der Waals surface area contributed by atoms with Crippen molar-refractivity contribution in [2.45, 2.75) is 44.9 Å². The van der Waals surface area contributed by atoms with Gasteiger partial charge in [-0.2, -0.15) is 13.2 Å². The van der Waals surface area contributed by atoms with Crippen LogP contribution < -0.4 is 10.6 Å². The Morgan fingerprint density at radius 3 is 2.83 bits per heavy atom. The third-order valence-corrected chi connectivity index (χ3v) is 4.01. The van der Waals surface area contributed by atoms with Crippen molar-refractivity contribution in [2.75, 3.05) is 6.54 Å². The molecule has 0 spiro atoms. The Bertz CT molecular complexity index is 755. The Morgan fingerprint density at radius 2 is 2.21 bits per heavy atom. The van der Waals surface area contributed by atoms with Gasteiger partial charge in [-0.3, -0.25) is 4.79 Å². The quantitative estimate of drug-likeness (QED) is 0.878. The van der Waals surface area contributed by atoms with Gasteiger partial charge in [0, 0.05) is 32.0 Å². The first-order chi connectivity index (χ1) is 11.4. The fourth-order valence-electron chi connectivity index (χ4n) is 2.82. The van der Waals surface area contributed by atoms with E-state index in [-0.39, 0.29) is 35.5 Å². The summed E-state index contributed by atoms with van der Waals surface area (Å²) in [5.74, 6) is 0.298. The smallest absolute Gasteiger partial charge is 0.420 e. The fraction of sp³-hybridized carbons (Fsp3) is 0.500. The summed E-state index contributed by atoms with van der Waals surface area (Å²) in [6.45, 7) is 2.56. The van der Waals surface area contributed by atoms with Crippen molar-refractivity contribution in [1.29, 1.82) is 0 Å². The Morgan fingerprint density at radius 1 is 1.42 bits per heavy atom. The number of aryl methyl sites for hydroxylation is 1. The van der Waals surface area contributed by atoms with Crippen LogP contribution in [0.3, 0.4) is 0 Å². The minimum atomic E-state index is -4.50. The maximum atomic E-state index is 13.3. The third kappa shape index (κ3) is 3.53. The maximum Gasteiger partial charge on any atom is 0.420 e. The fourth-order valence-corrected chi connectivity index (χ4v) is 2.82. The lowest BCUT2D eigenvalue weighted by atomic mass is 10.1. The number of hydrogen-bond donors (Lipinski definition) is 2. The molecule has 1 fully saturated rings. The van der Waals surface area contributed by atoms with E-state index in [1.54, 1.807) is 13.0 Å². The van der Waals surface area contributed by atoms with E-state index in [4.69, 9.17) is 4.42 Å². The first-order valence-corrected chi connectivity index (χ1v) is 7.86. The zero-order chi connectivity index (χ0) is 17.3. The molecule has 1 saturated heterocycles. The van der Waals surface area contributed by atoms with Crippen LogP contribution in [0.15, 0.2) is 16.5 Å². The van der Waals surface area contributed by atoms with Crippen molar-refractivity contribution in [3.63, 3.8) is 0 Å². The summed E-state index contributed by atoms with van der Waals surface area (Å²) < 4.78 is 45.0. The monoisotopic (exact) mass is 341 g/mol. The summed E-state index contributed by atoms with van der Waals surface area (Å²) in [4.78, 5) is 15.2. The van der Waals surface area contributed by atoms with E-state index in [2.05, 4.69) is 15.6 Å². The first-order valence-electron chi connectivity index (χ1n) is 7.86. The SMILES string of the molecule is CCc1nc2cc(CNC[C@@H]3CCC(=O)N3)cc(C(F)(F)F)c2o1. The lowest BCUT2D eigenvalue weighted by molar-refractivity contribution is -0.137. The molecule has 0 saturated carbocycles. The number of carbonyl (C=O) groups excluding carboxylic acids is 1. The van der Waals surface area contributed by atoms with Crippen molar-refractivity contribution >= 4 is 17.0 Å². The minimum absolute atomic E-state index is 0.0114. The third-order valence-electron chi connectivity index (χ3n) is 4.01. The molecular formula is C16H18F3N3O2. The van der Waals surface area contributed by atoms with Gasteiger partial charge in [-0.15, -0.1) is 0 Å². The number of rotatable bonds is 5. The number of aromatic nitrogens is 1. The Labute approximate surface area is 136 Å². The molecule has 2 heterocycles. The van der Waals surface area contributed by atoms with Gasteiger partial charge >= 0.3 is 6.18 Å². The molecule has 1 aliphatic heterocycles. The summed E-state index contributed by atoms with van der Waals surface area (Å²) in [6, 6.07) is 2.72. The average molecular weight is 341 g/mol. The largest absolute Gasteiger partial charge is 0.440 e. The van der Waals surface area contributed by atoms with Gasteiger partial charge in [0.25, 0.3) is 0 Å². The Hall–Kier alpha value is -2.09. The number of halogens is 3. The number of alkyl halides is 3. The molecule has 1 aromatic heterocycles. The van der Waals surface area contributed by atoms with E-state index >= 15 is 0 Å². The second kappa shape index (κ2) is 6.43. The van der Waals surface area contributed by atoms with Gasteiger partial charge in [-0.05, 0) is 24.1 Å². The van der Waals surface area contributed by atoms with Crippen LogP contribution in [0, 0.1) is 0 Å². The van der Waals surface area contributed by atoms with Crippen molar-refractivity contribution in [2.24, 2.45) is 0 Å². The highest BCUT2D eigenvalue weighted by molar-refractivity contribution is 5.79. The van der Waals surface area contributed by atoms with Crippen molar-refractivity contribution in [3.8, 4) is 0 Å². The molecule has 0 bridgehead atoms. The van der Waals surface area contributed by atoms with E-state index < -0.39 is 11.7 Å². The van der Waals surface area contributed by atoms with Crippen LogP contribution in [0.25, 0.3) is 11.1 Å². The number of carbonyl (C=O) groups is 1. The molecule has 0 radical (unpaired) electrons. The Balaban J connectivity index is 1.79. The Kier molecular flexibility index (Phi) is 4.49. The second-order valence-electron chi connectivity index (χ2n) is 5.88. The van der Waals surface area contributed by atoms with E-state index in [0.29, 0.717) is 24.9 Å². The summed E-state index contributed by atoms with van der Waals surface area (Å²) in [6.07, 6.45) is -2.84. The molecule has 130 valence electrons. The van der Waals surface area contributed by atoms with E-state index in [9.17, 15) is 18.0 Å². The predicted molar refractivity (Wildman–Crippen MR) is 81.3 cm³/mol. The zero-order valence-electron chi connectivity index (χ0n) is 13.2. The van der Waals surface area contributed by atoms with Gasteiger partial charge in [0.1, 0.15) is 11.1 Å². The molecule has 1 aromatic carbocycles. The van der Waals surface area contributed by atoms with Crippen LogP contribution in [0.4, 0.5) is 13.2 Å². The summed E-state index contributed by atoms with van der Waals surface area (Å²) in [5, 5.41) is 5.90. The van der Waals surface area contributed by atoms with Gasteiger partial charge in [-0.1, -0.05) is 6.92 Å². The molecule has 1 atom stereocenters. The van der Waals surface area contributed by atoms with Gasteiger partial charge in [0.05, 0.1) is 0 Å². The van der Waals surface area contributed by atoms with Crippen LogP contribution in [0.5, 0.6) is 0 Å². The number of nitrogens with one attached hydrogen (secondary N) is 2. The van der Waals surface area contributed by atoms with Gasteiger partial charge in [0.15, 0.2) is 11.5 Å². The predicted octanol–water partition coefficient (Wildman–Crippen LogP) is 2.78. The van der Waals surface area contributed by atoms with Crippen LogP contribution in [-0.4, -0.2) is 23.5 Å². The van der Waals surface area contributed by atoms with E-state index in [0.717, 1.165) is 12.5 Å². The highest BCUT2D eigenvalue weighted by atomic mass is 19.4. The maximum absolute atomic E-state index is 13.3. The number of benzene rings is 1.